The van der Waals surface area contributed by atoms with Gasteiger partial charge in [-0.3, -0.25) is 4.98 Å². The van der Waals surface area contributed by atoms with Crippen LogP contribution in [-0.4, -0.2) is 28.3 Å². The van der Waals surface area contributed by atoms with E-state index in [1.54, 1.807) is 6.20 Å². The first-order valence-electron chi connectivity index (χ1n) is 6.66. The molecule has 0 bridgehead atoms. The maximum Gasteiger partial charge on any atom is 0.258 e. The van der Waals surface area contributed by atoms with Gasteiger partial charge in [-0.15, -0.1) is 0 Å². The van der Waals surface area contributed by atoms with E-state index in [1.807, 2.05) is 30.5 Å². The molecule has 1 aromatic carbocycles. The fourth-order valence-electron chi connectivity index (χ4n) is 2.56. The van der Waals surface area contributed by atoms with Crippen molar-refractivity contribution in [1.29, 1.82) is 0 Å². The lowest BCUT2D eigenvalue weighted by Gasteiger charge is -2.01. The zero-order valence-electron chi connectivity index (χ0n) is 10.8. The molecule has 5 nitrogen and oxygen atoms in total. The summed E-state index contributed by atoms with van der Waals surface area (Å²) in [6.45, 7) is 1.45. The minimum Gasteiger partial charge on any atom is -0.381 e. The molecular weight excluding hydrogens is 254 g/mol. The molecule has 0 N–H and O–H groups in total. The molecule has 0 aliphatic carbocycles. The number of hydrogen-bond donors (Lipinski definition) is 0. The van der Waals surface area contributed by atoms with Crippen LogP contribution in [-0.2, 0) is 4.74 Å². The van der Waals surface area contributed by atoms with E-state index in [2.05, 4.69) is 15.1 Å². The summed E-state index contributed by atoms with van der Waals surface area (Å²) < 4.78 is 10.8. The van der Waals surface area contributed by atoms with Gasteiger partial charge in [-0.1, -0.05) is 17.3 Å². The molecule has 2 aromatic heterocycles. The summed E-state index contributed by atoms with van der Waals surface area (Å²) in [4.78, 5) is 8.67. The lowest BCUT2D eigenvalue weighted by molar-refractivity contribution is 0.192. The van der Waals surface area contributed by atoms with Crippen LogP contribution in [0.3, 0.4) is 0 Å². The number of pyridine rings is 1. The Morgan fingerprint density at radius 3 is 3.10 bits per heavy atom. The van der Waals surface area contributed by atoms with E-state index >= 15 is 0 Å². The van der Waals surface area contributed by atoms with Gasteiger partial charge in [0.15, 0.2) is 5.82 Å². The molecule has 3 aromatic rings. The minimum absolute atomic E-state index is 0.254. The number of benzene rings is 1. The molecule has 0 saturated carbocycles. The van der Waals surface area contributed by atoms with E-state index in [0.717, 1.165) is 35.2 Å². The third-order valence-corrected chi connectivity index (χ3v) is 3.65. The highest BCUT2D eigenvalue weighted by atomic mass is 16.5. The third kappa shape index (κ3) is 1.87. The molecule has 0 amide bonds. The van der Waals surface area contributed by atoms with Crippen molar-refractivity contribution in [3.8, 4) is 11.5 Å². The Bertz CT molecular complexity index is 742. The highest BCUT2D eigenvalue weighted by molar-refractivity contribution is 5.94. The van der Waals surface area contributed by atoms with Crippen molar-refractivity contribution < 1.29 is 9.26 Å². The Kier molecular flexibility index (Phi) is 2.70. The Labute approximate surface area is 115 Å². The lowest BCUT2D eigenvalue weighted by atomic mass is 10.1. The molecule has 5 heteroatoms. The molecule has 1 aliphatic heterocycles. The van der Waals surface area contributed by atoms with Crippen LogP contribution in [0.5, 0.6) is 0 Å². The summed E-state index contributed by atoms with van der Waals surface area (Å²) in [5.41, 5.74) is 0.947. The van der Waals surface area contributed by atoms with Crippen molar-refractivity contribution in [1.82, 2.24) is 15.1 Å². The molecule has 100 valence electrons. The number of rotatable bonds is 2. The van der Waals surface area contributed by atoms with Crippen molar-refractivity contribution in [3.63, 3.8) is 0 Å². The Morgan fingerprint density at radius 1 is 1.20 bits per heavy atom. The van der Waals surface area contributed by atoms with E-state index in [4.69, 9.17) is 9.26 Å². The third-order valence-electron chi connectivity index (χ3n) is 3.65. The molecule has 0 spiro atoms. The summed E-state index contributed by atoms with van der Waals surface area (Å²) in [5.74, 6) is 1.55. The second-order valence-electron chi connectivity index (χ2n) is 4.92. The van der Waals surface area contributed by atoms with E-state index in [1.165, 1.54) is 0 Å². The number of hydrogen-bond acceptors (Lipinski definition) is 5. The van der Waals surface area contributed by atoms with Gasteiger partial charge in [0.1, 0.15) is 0 Å². The van der Waals surface area contributed by atoms with Crippen molar-refractivity contribution in [3.05, 3.63) is 42.5 Å². The molecule has 0 unspecified atom stereocenters. The molecule has 3 heterocycles. The zero-order valence-corrected chi connectivity index (χ0v) is 10.8. The molecule has 20 heavy (non-hydrogen) atoms. The average molecular weight is 267 g/mol. The first-order valence-corrected chi connectivity index (χ1v) is 6.66. The van der Waals surface area contributed by atoms with Gasteiger partial charge in [0.2, 0.25) is 0 Å². The highest BCUT2D eigenvalue weighted by Crippen LogP contribution is 2.29. The normalized spacial score (nSPS) is 18.7. The molecule has 1 saturated heterocycles. The Hall–Kier alpha value is -2.27. The van der Waals surface area contributed by atoms with E-state index in [9.17, 15) is 0 Å². The van der Waals surface area contributed by atoms with Crippen LogP contribution in [0.2, 0.25) is 0 Å². The molecular formula is C15H13N3O2. The maximum atomic E-state index is 5.43. The molecule has 1 atom stereocenters. The van der Waals surface area contributed by atoms with Crippen molar-refractivity contribution in [2.45, 2.75) is 12.3 Å². The smallest absolute Gasteiger partial charge is 0.258 e. The van der Waals surface area contributed by atoms with Crippen molar-refractivity contribution in [2.24, 2.45) is 0 Å². The maximum absolute atomic E-state index is 5.43. The number of aromatic nitrogens is 3. The van der Waals surface area contributed by atoms with Gasteiger partial charge >= 0.3 is 0 Å². The summed E-state index contributed by atoms with van der Waals surface area (Å²) in [5, 5.41) is 6.23. The minimum atomic E-state index is 0.254. The monoisotopic (exact) mass is 267 g/mol. The summed E-state index contributed by atoms with van der Waals surface area (Å²) in [6.07, 6.45) is 4.56. The van der Waals surface area contributed by atoms with Crippen LogP contribution in [0.1, 0.15) is 18.2 Å². The van der Waals surface area contributed by atoms with Crippen molar-refractivity contribution >= 4 is 10.8 Å². The van der Waals surface area contributed by atoms with Gasteiger partial charge in [0.25, 0.3) is 5.89 Å². The van der Waals surface area contributed by atoms with Gasteiger partial charge in [0, 0.05) is 35.9 Å². The number of nitrogens with zero attached hydrogens (tertiary/aromatic N) is 3. The van der Waals surface area contributed by atoms with Gasteiger partial charge in [0.05, 0.1) is 6.61 Å². The van der Waals surface area contributed by atoms with E-state index in [-0.39, 0.29) is 5.92 Å². The Morgan fingerprint density at radius 2 is 2.20 bits per heavy atom. The van der Waals surface area contributed by atoms with Gasteiger partial charge in [-0.05, 0) is 23.9 Å². The van der Waals surface area contributed by atoms with Crippen LogP contribution >= 0.6 is 0 Å². The SMILES string of the molecule is c1cc(-c2nc([C@@H]3CCOC3)no2)c2ccncc2c1. The van der Waals surface area contributed by atoms with E-state index in [0.29, 0.717) is 12.5 Å². The summed E-state index contributed by atoms with van der Waals surface area (Å²) in [6, 6.07) is 7.95. The van der Waals surface area contributed by atoms with Crippen molar-refractivity contribution in [2.75, 3.05) is 13.2 Å². The standard InChI is InChI=1S/C15H13N3O2/c1-2-10-8-16-6-4-12(10)13(3-1)15-17-14(18-20-15)11-5-7-19-9-11/h1-4,6,8,11H,5,7,9H2/t11-/m1/s1. The van der Waals surface area contributed by atoms with Gasteiger partial charge in [-0.2, -0.15) is 4.98 Å². The first kappa shape index (κ1) is 11.5. The van der Waals surface area contributed by atoms with Gasteiger partial charge < -0.3 is 9.26 Å². The second kappa shape index (κ2) is 4.68. The second-order valence-corrected chi connectivity index (χ2v) is 4.92. The zero-order chi connectivity index (χ0) is 13.4. The largest absolute Gasteiger partial charge is 0.381 e. The summed E-state index contributed by atoms with van der Waals surface area (Å²) >= 11 is 0. The fourth-order valence-corrected chi connectivity index (χ4v) is 2.56. The van der Waals surface area contributed by atoms with Gasteiger partial charge in [-0.25, -0.2) is 0 Å². The quantitative estimate of drug-likeness (QED) is 0.714. The van der Waals surface area contributed by atoms with Crippen LogP contribution < -0.4 is 0 Å². The highest BCUT2D eigenvalue weighted by Gasteiger charge is 2.23. The van der Waals surface area contributed by atoms with Crippen LogP contribution in [0.25, 0.3) is 22.2 Å². The van der Waals surface area contributed by atoms with Crippen LogP contribution in [0.15, 0.2) is 41.2 Å². The first-order chi connectivity index (χ1) is 9.92. The molecule has 1 fully saturated rings. The van der Waals surface area contributed by atoms with E-state index < -0.39 is 0 Å². The number of fused-ring (bicyclic) bond motifs is 1. The predicted octanol–water partition coefficient (Wildman–Crippen LogP) is 2.79. The average Bonchev–Trinajstić information content (AvgIpc) is 3.17. The fraction of sp³-hybridized carbons (Fsp3) is 0.267. The molecule has 0 radical (unpaired) electrons. The summed E-state index contributed by atoms with van der Waals surface area (Å²) in [7, 11) is 0. The molecule has 4 rings (SSSR count). The number of ether oxygens (including phenoxy) is 1. The topological polar surface area (TPSA) is 61.0 Å². The molecule has 1 aliphatic rings. The lowest BCUT2D eigenvalue weighted by Crippen LogP contribution is -1.99. The van der Waals surface area contributed by atoms with Crippen LogP contribution in [0, 0.1) is 0 Å². The Balaban J connectivity index is 1.79. The van der Waals surface area contributed by atoms with Crippen LogP contribution in [0.4, 0.5) is 0 Å². The predicted molar refractivity (Wildman–Crippen MR) is 73.2 cm³/mol.